The summed E-state index contributed by atoms with van der Waals surface area (Å²) in [7, 11) is 1.53. The number of hydrogen-bond acceptors (Lipinski definition) is 5. The van der Waals surface area contributed by atoms with Crippen molar-refractivity contribution in [1.82, 2.24) is 9.55 Å². The van der Waals surface area contributed by atoms with E-state index in [4.69, 9.17) is 16.3 Å². The molecule has 25 heavy (non-hydrogen) atoms. The molecule has 1 aliphatic rings. The number of methoxy groups -OCH3 is 1. The van der Waals surface area contributed by atoms with Gasteiger partial charge in [0.15, 0.2) is 5.16 Å². The summed E-state index contributed by atoms with van der Waals surface area (Å²) >= 11 is 7.48. The molecule has 0 radical (unpaired) electrons. The largest absolute Gasteiger partial charge is 0.495 e. The first-order valence-electron chi connectivity index (χ1n) is 7.76. The predicted octanol–water partition coefficient (Wildman–Crippen LogP) is 3.20. The predicted molar refractivity (Wildman–Crippen MR) is 99.0 cm³/mol. The average molecular weight is 380 g/mol. The van der Waals surface area contributed by atoms with Crippen molar-refractivity contribution in [3.8, 4) is 5.75 Å². The Kier molecular flexibility index (Phi) is 5.06. The van der Waals surface area contributed by atoms with Crippen molar-refractivity contribution in [3.05, 3.63) is 44.8 Å². The van der Waals surface area contributed by atoms with E-state index in [0.717, 1.165) is 5.69 Å². The second-order valence-electron chi connectivity index (χ2n) is 5.84. The molecule has 1 unspecified atom stereocenters. The van der Waals surface area contributed by atoms with Gasteiger partial charge >= 0.3 is 0 Å². The summed E-state index contributed by atoms with van der Waals surface area (Å²) in [4.78, 5) is 29.4. The fourth-order valence-corrected chi connectivity index (χ4v) is 4.07. The van der Waals surface area contributed by atoms with E-state index in [1.165, 1.54) is 18.9 Å². The molecule has 0 saturated heterocycles. The lowest BCUT2D eigenvalue weighted by Gasteiger charge is -2.15. The van der Waals surface area contributed by atoms with Gasteiger partial charge in [0.2, 0.25) is 5.91 Å². The van der Waals surface area contributed by atoms with Crippen LogP contribution in [-0.2, 0) is 4.79 Å². The van der Waals surface area contributed by atoms with Gasteiger partial charge in [-0.15, -0.1) is 0 Å². The zero-order valence-electron chi connectivity index (χ0n) is 14.1. The van der Waals surface area contributed by atoms with E-state index in [2.05, 4.69) is 10.3 Å². The molecule has 1 N–H and O–H groups in total. The Morgan fingerprint density at radius 1 is 1.48 bits per heavy atom. The van der Waals surface area contributed by atoms with Crippen molar-refractivity contribution in [2.45, 2.75) is 31.5 Å². The van der Waals surface area contributed by atoms with Crippen LogP contribution in [0.1, 0.15) is 23.7 Å². The monoisotopic (exact) mass is 379 g/mol. The number of halogens is 1. The van der Waals surface area contributed by atoms with E-state index in [1.807, 2.05) is 6.92 Å². The number of ether oxygens (including phenoxy) is 1. The summed E-state index contributed by atoms with van der Waals surface area (Å²) in [6.45, 7) is 3.58. The molecule has 2 heterocycles. The Hall–Kier alpha value is -1.99. The number of anilines is 1. The van der Waals surface area contributed by atoms with Crippen LogP contribution < -0.4 is 15.6 Å². The molecule has 0 saturated carbocycles. The number of thioether (sulfide) groups is 1. The van der Waals surface area contributed by atoms with Gasteiger partial charge in [-0.25, -0.2) is 4.98 Å². The molecule has 1 aliphatic heterocycles. The summed E-state index contributed by atoms with van der Waals surface area (Å²) < 4.78 is 6.86. The molecular weight excluding hydrogens is 362 g/mol. The van der Waals surface area contributed by atoms with Crippen LogP contribution in [0.15, 0.2) is 28.2 Å². The van der Waals surface area contributed by atoms with Crippen LogP contribution in [0.5, 0.6) is 5.75 Å². The highest BCUT2D eigenvalue weighted by Crippen LogP contribution is 2.33. The third kappa shape index (κ3) is 3.52. The van der Waals surface area contributed by atoms with Crippen LogP contribution in [0.2, 0.25) is 5.02 Å². The normalized spacial score (nSPS) is 15.8. The number of aromatic nitrogens is 2. The number of fused-ring (bicyclic) bond motifs is 1. The number of carbonyl (C=O) groups excluding carboxylic acids is 1. The van der Waals surface area contributed by atoms with Gasteiger partial charge in [0.1, 0.15) is 5.75 Å². The molecule has 1 aromatic carbocycles. The van der Waals surface area contributed by atoms with Crippen molar-refractivity contribution >= 4 is 35.0 Å². The van der Waals surface area contributed by atoms with Crippen molar-refractivity contribution in [2.24, 2.45) is 0 Å². The average Bonchev–Trinajstić information content (AvgIpc) is 2.95. The summed E-state index contributed by atoms with van der Waals surface area (Å²) in [5.74, 6) is 0.971. The van der Waals surface area contributed by atoms with Crippen LogP contribution in [0.25, 0.3) is 0 Å². The zero-order chi connectivity index (χ0) is 18.1. The van der Waals surface area contributed by atoms with E-state index >= 15 is 0 Å². The minimum Gasteiger partial charge on any atom is -0.495 e. The lowest BCUT2D eigenvalue weighted by atomic mass is 10.2. The number of hydrogen-bond donors (Lipinski definition) is 1. The maximum atomic E-state index is 12.5. The van der Waals surface area contributed by atoms with Gasteiger partial charge in [0, 0.05) is 28.5 Å². The molecule has 0 spiro atoms. The molecule has 6 nitrogen and oxygen atoms in total. The van der Waals surface area contributed by atoms with Crippen molar-refractivity contribution in [3.63, 3.8) is 0 Å². The number of carbonyl (C=O) groups is 1. The minimum atomic E-state index is -0.218. The van der Waals surface area contributed by atoms with Crippen LogP contribution in [0.3, 0.4) is 0 Å². The number of nitrogens with one attached hydrogen (secondary N) is 1. The molecule has 2 aromatic rings. The van der Waals surface area contributed by atoms with E-state index in [1.54, 1.807) is 29.7 Å². The topological polar surface area (TPSA) is 73.2 Å². The number of rotatable bonds is 4. The van der Waals surface area contributed by atoms with Gasteiger partial charge in [-0.05, 0) is 32.0 Å². The fraction of sp³-hybridized carbons (Fsp3) is 0.353. The van der Waals surface area contributed by atoms with E-state index < -0.39 is 0 Å². The second kappa shape index (κ2) is 7.09. The molecule has 132 valence electrons. The lowest BCUT2D eigenvalue weighted by Crippen LogP contribution is -2.29. The van der Waals surface area contributed by atoms with Gasteiger partial charge in [-0.1, -0.05) is 23.4 Å². The molecular formula is C17H18ClN3O3S. The summed E-state index contributed by atoms with van der Waals surface area (Å²) in [6.07, 6.45) is 0.180. The highest BCUT2D eigenvalue weighted by molar-refractivity contribution is 7.99. The standard InChI is InChI=1S/C17H18ClN3O3S/c1-9-10(2)19-17-21(16(9)23)12(8-25-17)7-15(22)20-13-6-11(18)4-5-14(13)24-3/h4-6,12H,7-8H2,1-3H3,(H,20,22). The third-order valence-corrected chi connectivity index (χ3v) is 5.51. The first-order chi connectivity index (χ1) is 11.9. The van der Waals surface area contributed by atoms with Crippen LogP contribution in [-0.4, -0.2) is 28.3 Å². The third-order valence-electron chi connectivity index (χ3n) is 4.18. The summed E-state index contributed by atoms with van der Waals surface area (Å²) in [6, 6.07) is 4.80. The van der Waals surface area contributed by atoms with Crippen LogP contribution in [0.4, 0.5) is 5.69 Å². The maximum absolute atomic E-state index is 12.5. The molecule has 3 rings (SSSR count). The van der Waals surface area contributed by atoms with Gasteiger partial charge in [0.05, 0.1) is 18.8 Å². The summed E-state index contributed by atoms with van der Waals surface area (Å²) in [5.41, 5.74) is 1.78. The van der Waals surface area contributed by atoms with Gasteiger partial charge < -0.3 is 10.1 Å². The maximum Gasteiger partial charge on any atom is 0.257 e. The molecule has 0 fully saturated rings. The SMILES string of the molecule is COc1ccc(Cl)cc1NC(=O)CC1CSc2nc(C)c(C)c(=O)n21. The number of benzene rings is 1. The second-order valence-corrected chi connectivity index (χ2v) is 7.27. The molecule has 8 heteroatoms. The first-order valence-corrected chi connectivity index (χ1v) is 9.13. The van der Waals surface area contributed by atoms with E-state index in [0.29, 0.717) is 32.9 Å². The number of nitrogens with zero attached hydrogens (tertiary/aromatic N) is 2. The van der Waals surface area contributed by atoms with Gasteiger partial charge in [-0.2, -0.15) is 0 Å². The van der Waals surface area contributed by atoms with Crippen LogP contribution in [0, 0.1) is 13.8 Å². The fourth-order valence-electron chi connectivity index (χ4n) is 2.72. The van der Waals surface area contributed by atoms with Crippen LogP contribution >= 0.6 is 23.4 Å². The van der Waals surface area contributed by atoms with Crippen molar-refractivity contribution in [2.75, 3.05) is 18.2 Å². The first kappa shape index (κ1) is 17.8. The highest BCUT2D eigenvalue weighted by atomic mass is 35.5. The minimum absolute atomic E-state index is 0.0781. The summed E-state index contributed by atoms with van der Waals surface area (Å²) in [5, 5.41) is 3.99. The molecule has 1 atom stereocenters. The highest BCUT2D eigenvalue weighted by Gasteiger charge is 2.28. The van der Waals surface area contributed by atoms with Crippen molar-refractivity contribution in [1.29, 1.82) is 0 Å². The van der Waals surface area contributed by atoms with Gasteiger partial charge in [0.25, 0.3) is 5.56 Å². The Morgan fingerprint density at radius 2 is 2.24 bits per heavy atom. The molecule has 0 aliphatic carbocycles. The quantitative estimate of drug-likeness (QED) is 0.826. The van der Waals surface area contributed by atoms with E-state index in [9.17, 15) is 9.59 Å². The molecule has 1 aromatic heterocycles. The Balaban J connectivity index is 1.80. The zero-order valence-corrected chi connectivity index (χ0v) is 15.7. The Labute approximate surface area is 154 Å². The number of amides is 1. The van der Waals surface area contributed by atoms with Crippen molar-refractivity contribution < 1.29 is 9.53 Å². The molecule has 1 amide bonds. The Morgan fingerprint density at radius 3 is 2.96 bits per heavy atom. The Bertz CT molecular complexity index is 897. The molecule has 0 bridgehead atoms. The van der Waals surface area contributed by atoms with E-state index in [-0.39, 0.29) is 23.9 Å². The van der Waals surface area contributed by atoms with Gasteiger partial charge in [-0.3, -0.25) is 14.2 Å². The number of aryl methyl sites for hydroxylation is 1. The smallest absolute Gasteiger partial charge is 0.257 e. The lowest BCUT2D eigenvalue weighted by molar-refractivity contribution is -0.116.